The highest BCUT2D eigenvalue weighted by Gasteiger charge is 2.17. The lowest BCUT2D eigenvalue weighted by Gasteiger charge is -2.11. The highest BCUT2D eigenvalue weighted by atomic mass is 35.5. The molecule has 0 aliphatic heterocycles. The third kappa shape index (κ3) is 3.95. The zero-order chi connectivity index (χ0) is 18.7. The van der Waals surface area contributed by atoms with E-state index in [0.29, 0.717) is 16.7 Å². The SMILES string of the molecule is O=C(Nc1ccc(Cl)cc1C(=O)c1ccccc1)c1cc(F)cc(F)c1. The van der Waals surface area contributed by atoms with E-state index in [9.17, 15) is 18.4 Å². The Morgan fingerprint density at radius 3 is 2.12 bits per heavy atom. The second-order valence-corrected chi connectivity index (χ2v) is 5.93. The first-order valence-corrected chi connectivity index (χ1v) is 7.98. The van der Waals surface area contributed by atoms with E-state index in [2.05, 4.69) is 5.32 Å². The second kappa shape index (κ2) is 7.45. The molecule has 3 aromatic rings. The number of carbonyl (C=O) groups excluding carboxylic acids is 2. The van der Waals surface area contributed by atoms with E-state index in [4.69, 9.17) is 11.6 Å². The van der Waals surface area contributed by atoms with Crippen LogP contribution in [-0.4, -0.2) is 11.7 Å². The zero-order valence-corrected chi connectivity index (χ0v) is 14.1. The molecule has 3 rings (SSSR count). The number of benzene rings is 3. The summed E-state index contributed by atoms with van der Waals surface area (Å²) in [7, 11) is 0. The average molecular weight is 372 g/mol. The number of anilines is 1. The fourth-order valence-corrected chi connectivity index (χ4v) is 2.61. The van der Waals surface area contributed by atoms with Crippen LogP contribution in [0.2, 0.25) is 5.02 Å². The van der Waals surface area contributed by atoms with Crippen molar-refractivity contribution in [1.29, 1.82) is 0 Å². The molecule has 0 unspecified atom stereocenters. The first-order valence-electron chi connectivity index (χ1n) is 7.61. The van der Waals surface area contributed by atoms with E-state index in [0.717, 1.165) is 12.1 Å². The lowest BCUT2D eigenvalue weighted by molar-refractivity contribution is 0.102. The molecule has 1 amide bonds. The molecule has 0 bridgehead atoms. The van der Waals surface area contributed by atoms with Crippen LogP contribution in [0.25, 0.3) is 0 Å². The third-order valence-electron chi connectivity index (χ3n) is 3.64. The van der Waals surface area contributed by atoms with Gasteiger partial charge in [-0.1, -0.05) is 41.9 Å². The number of hydrogen-bond donors (Lipinski definition) is 1. The minimum atomic E-state index is -0.869. The molecule has 0 fully saturated rings. The van der Waals surface area contributed by atoms with Gasteiger partial charge in [0.05, 0.1) is 5.69 Å². The van der Waals surface area contributed by atoms with Crippen LogP contribution in [0.5, 0.6) is 0 Å². The third-order valence-corrected chi connectivity index (χ3v) is 3.87. The van der Waals surface area contributed by atoms with Gasteiger partial charge in [0.1, 0.15) is 11.6 Å². The fraction of sp³-hybridized carbons (Fsp3) is 0. The first-order chi connectivity index (χ1) is 12.4. The van der Waals surface area contributed by atoms with Gasteiger partial charge >= 0.3 is 0 Å². The van der Waals surface area contributed by atoms with Crippen LogP contribution in [-0.2, 0) is 0 Å². The fourth-order valence-electron chi connectivity index (χ4n) is 2.44. The number of amides is 1. The van der Waals surface area contributed by atoms with Crippen molar-refractivity contribution in [3.8, 4) is 0 Å². The number of hydrogen-bond acceptors (Lipinski definition) is 2. The van der Waals surface area contributed by atoms with Crippen molar-refractivity contribution in [2.75, 3.05) is 5.32 Å². The molecule has 0 aromatic heterocycles. The Labute approximate surface area is 153 Å². The lowest BCUT2D eigenvalue weighted by atomic mass is 10.0. The van der Waals surface area contributed by atoms with Gasteiger partial charge in [-0.15, -0.1) is 0 Å². The summed E-state index contributed by atoms with van der Waals surface area (Å²) >= 11 is 5.98. The Hall–Kier alpha value is -3.05. The summed E-state index contributed by atoms with van der Waals surface area (Å²) in [6, 6.07) is 15.4. The summed E-state index contributed by atoms with van der Waals surface area (Å²) in [5, 5.41) is 2.83. The molecular formula is C20H12ClF2NO2. The van der Waals surface area contributed by atoms with Crippen molar-refractivity contribution in [2.24, 2.45) is 0 Å². The Balaban J connectivity index is 1.95. The molecular weight excluding hydrogens is 360 g/mol. The topological polar surface area (TPSA) is 46.2 Å². The molecule has 0 atom stereocenters. The molecule has 26 heavy (non-hydrogen) atoms. The van der Waals surface area contributed by atoms with Crippen LogP contribution >= 0.6 is 11.6 Å². The molecule has 0 heterocycles. The standard InChI is InChI=1S/C20H12ClF2NO2/c21-14-6-7-18(17(10-14)19(25)12-4-2-1-3-5-12)24-20(26)13-8-15(22)11-16(23)9-13/h1-11H,(H,24,26). The molecule has 0 spiro atoms. The summed E-state index contributed by atoms with van der Waals surface area (Å²) < 4.78 is 26.6. The van der Waals surface area contributed by atoms with Gasteiger partial charge in [0.25, 0.3) is 5.91 Å². The van der Waals surface area contributed by atoms with E-state index in [1.54, 1.807) is 30.3 Å². The highest BCUT2D eigenvalue weighted by molar-refractivity contribution is 6.31. The molecule has 130 valence electrons. The minimum Gasteiger partial charge on any atom is -0.321 e. The Morgan fingerprint density at radius 2 is 1.46 bits per heavy atom. The van der Waals surface area contributed by atoms with E-state index in [1.807, 2.05) is 0 Å². The summed E-state index contributed by atoms with van der Waals surface area (Å²) in [6.07, 6.45) is 0. The van der Waals surface area contributed by atoms with Gasteiger partial charge in [0, 0.05) is 27.8 Å². The molecule has 3 nitrogen and oxygen atoms in total. The second-order valence-electron chi connectivity index (χ2n) is 5.50. The van der Waals surface area contributed by atoms with Crippen molar-refractivity contribution in [2.45, 2.75) is 0 Å². The van der Waals surface area contributed by atoms with Gasteiger partial charge in [-0.3, -0.25) is 9.59 Å². The highest BCUT2D eigenvalue weighted by Crippen LogP contribution is 2.24. The Kier molecular flexibility index (Phi) is 5.09. The van der Waals surface area contributed by atoms with Gasteiger partial charge in [0.15, 0.2) is 5.78 Å². The molecule has 0 aliphatic rings. The van der Waals surface area contributed by atoms with Gasteiger partial charge < -0.3 is 5.32 Å². The monoisotopic (exact) mass is 371 g/mol. The maximum atomic E-state index is 13.3. The molecule has 6 heteroatoms. The van der Waals surface area contributed by atoms with E-state index >= 15 is 0 Å². The molecule has 0 saturated heterocycles. The van der Waals surface area contributed by atoms with Gasteiger partial charge in [-0.05, 0) is 30.3 Å². The minimum absolute atomic E-state index is 0.175. The molecule has 0 aliphatic carbocycles. The van der Waals surface area contributed by atoms with Crippen LogP contribution < -0.4 is 5.32 Å². The number of rotatable bonds is 4. The Morgan fingerprint density at radius 1 is 0.808 bits per heavy atom. The summed E-state index contributed by atoms with van der Waals surface area (Å²) in [6.45, 7) is 0. The van der Waals surface area contributed by atoms with Crippen molar-refractivity contribution >= 4 is 29.0 Å². The van der Waals surface area contributed by atoms with Crippen molar-refractivity contribution in [3.05, 3.63) is 100 Å². The maximum absolute atomic E-state index is 13.3. The van der Waals surface area contributed by atoms with Gasteiger partial charge in [0.2, 0.25) is 0 Å². The largest absolute Gasteiger partial charge is 0.321 e. The van der Waals surface area contributed by atoms with Crippen LogP contribution in [0, 0.1) is 11.6 Å². The number of carbonyl (C=O) groups is 2. The van der Waals surface area contributed by atoms with Crippen molar-refractivity contribution in [3.63, 3.8) is 0 Å². The van der Waals surface area contributed by atoms with Gasteiger partial charge in [-0.25, -0.2) is 8.78 Å². The molecule has 0 radical (unpaired) electrons. The first kappa shape index (κ1) is 17.8. The van der Waals surface area contributed by atoms with Crippen LogP contribution in [0.1, 0.15) is 26.3 Å². The van der Waals surface area contributed by atoms with E-state index < -0.39 is 17.5 Å². The maximum Gasteiger partial charge on any atom is 0.255 e. The molecule has 3 aromatic carbocycles. The van der Waals surface area contributed by atoms with E-state index in [-0.39, 0.29) is 22.6 Å². The number of ketones is 1. The normalized spacial score (nSPS) is 10.4. The summed E-state index contributed by atoms with van der Waals surface area (Å²) in [5.41, 5.74) is 0.587. The zero-order valence-electron chi connectivity index (χ0n) is 13.3. The molecule has 1 N–H and O–H groups in total. The average Bonchev–Trinajstić information content (AvgIpc) is 2.62. The smallest absolute Gasteiger partial charge is 0.255 e. The van der Waals surface area contributed by atoms with E-state index in [1.165, 1.54) is 18.2 Å². The summed E-state index contributed by atoms with van der Waals surface area (Å²) in [4.78, 5) is 25.0. The summed E-state index contributed by atoms with van der Waals surface area (Å²) in [5.74, 6) is -2.82. The predicted molar refractivity (Wildman–Crippen MR) is 95.6 cm³/mol. The Bertz CT molecular complexity index is 970. The lowest BCUT2D eigenvalue weighted by Crippen LogP contribution is -2.15. The molecule has 0 saturated carbocycles. The van der Waals surface area contributed by atoms with Gasteiger partial charge in [-0.2, -0.15) is 0 Å². The van der Waals surface area contributed by atoms with Crippen molar-refractivity contribution in [1.82, 2.24) is 0 Å². The van der Waals surface area contributed by atoms with Crippen molar-refractivity contribution < 1.29 is 18.4 Å². The van der Waals surface area contributed by atoms with Crippen LogP contribution in [0.3, 0.4) is 0 Å². The quantitative estimate of drug-likeness (QED) is 0.648. The number of halogens is 3. The predicted octanol–water partition coefficient (Wildman–Crippen LogP) is 5.10. The van der Waals surface area contributed by atoms with Crippen LogP contribution in [0.15, 0.2) is 66.7 Å². The van der Waals surface area contributed by atoms with Crippen LogP contribution in [0.4, 0.5) is 14.5 Å². The number of nitrogens with one attached hydrogen (secondary N) is 1.